The minimum atomic E-state index is 0.0603. The van der Waals surface area contributed by atoms with E-state index in [1.165, 1.54) is 6.42 Å². The van der Waals surface area contributed by atoms with Crippen molar-refractivity contribution in [2.45, 2.75) is 25.8 Å². The molecule has 0 saturated carbocycles. The first-order valence-corrected chi connectivity index (χ1v) is 6.50. The van der Waals surface area contributed by atoms with Crippen LogP contribution in [0.5, 0.6) is 5.75 Å². The zero-order valence-corrected chi connectivity index (χ0v) is 10.5. The van der Waals surface area contributed by atoms with Crippen LogP contribution in [0.2, 0.25) is 0 Å². The minimum absolute atomic E-state index is 0.0603. The summed E-state index contributed by atoms with van der Waals surface area (Å²) >= 11 is 0. The molecule has 0 spiro atoms. The zero-order chi connectivity index (χ0) is 12.8. The van der Waals surface area contributed by atoms with E-state index in [0.29, 0.717) is 18.9 Å². The van der Waals surface area contributed by atoms with Gasteiger partial charge in [0.2, 0.25) is 5.91 Å². The highest BCUT2D eigenvalue weighted by atomic mass is 16.3. The van der Waals surface area contributed by atoms with Crippen LogP contribution in [-0.4, -0.2) is 24.1 Å². The predicted molar refractivity (Wildman–Crippen MR) is 70.2 cm³/mol. The molecule has 0 bridgehead atoms. The number of carbonyl (C=O) groups is 1. The Kier molecular flexibility index (Phi) is 4.59. The van der Waals surface area contributed by atoms with Crippen LogP contribution < -0.4 is 10.6 Å². The number of rotatable bonds is 5. The molecule has 2 rings (SSSR count). The molecule has 1 aromatic rings. The molecule has 0 aromatic heterocycles. The third kappa shape index (κ3) is 3.74. The molecule has 0 radical (unpaired) electrons. The lowest BCUT2D eigenvalue weighted by Gasteiger charge is -2.09. The maximum atomic E-state index is 11.7. The molecular formula is C14H20N2O2. The molecule has 1 aliphatic rings. The Bertz CT molecular complexity index is 401. The molecule has 1 unspecified atom stereocenters. The molecule has 18 heavy (non-hydrogen) atoms. The van der Waals surface area contributed by atoms with Gasteiger partial charge in [-0.15, -0.1) is 0 Å². The van der Waals surface area contributed by atoms with Gasteiger partial charge in [0.05, 0.1) is 0 Å². The van der Waals surface area contributed by atoms with Crippen LogP contribution in [-0.2, 0) is 11.3 Å². The first kappa shape index (κ1) is 12.9. The van der Waals surface area contributed by atoms with E-state index in [1.807, 2.05) is 12.1 Å². The fourth-order valence-corrected chi connectivity index (χ4v) is 2.24. The molecule has 98 valence electrons. The number of carbonyl (C=O) groups excluding carboxylic acids is 1. The summed E-state index contributed by atoms with van der Waals surface area (Å²) in [6.07, 6.45) is 2.69. The second kappa shape index (κ2) is 6.40. The Hall–Kier alpha value is -1.55. The molecule has 1 saturated heterocycles. The fourth-order valence-electron chi connectivity index (χ4n) is 2.24. The Morgan fingerprint density at radius 2 is 2.28 bits per heavy atom. The van der Waals surface area contributed by atoms with Gasteiger partial charge in [-0.25, -0.2) is 0 Å². The van der Waals surface area contributed by atoms with Crippen LogP contribution in [0, 0.1) is 5.92 Å². The van der Waals surface area contributed by atoms with Gasteiger partial charge in [0.25, 0.3) is 0 Å². The number of phenols is 1. The van der Waals surface area contributed by atoms with Crippen molar-refractivity contribution in [3.05, 3.63) is 29.8 Å². The molecule has 1 amide bonds. The number of nitrogens with one attached hydrogen (secondary N) is 2. The number of aromatic hydroxyl groups is 1. The number of hydrogen-bond acceptors (Lipinski definition) is 3. The van der Waals surface area contributed by atoms with Gasteiger partial charge >= 0.3 is 0 Å². The van der Waals surface area contributed by atoms with Crippen LogP contribution in [0.3, 0.4) is 0 Å². The van der Waals surface area contributed by atoms with Gasteiger partial charge < -0.3 is 15.7 Å². The summed E-state index contributed by atoms with van der Waals surface area (Å²) in [5.41, 5.74) is 0.758. The van der Waals surface area contributed by atoms with E-state index in [-0.39, 0.29) is 11.7 Å². The quantitative estimate of drug-likeness (QED) is 0.738. The lowest BCUT2D eigenvalue weighted by molar-refractivity contribution is -0.121. The van der Waals surface area contributed by atoms with Gasteiger partial charge in [-0.2, -0.15) is 0 Å². The number of para-hydroxylation sites is 1. The fraction of sp³-hybridized carbons (Fsp3) is 0.500. The van der Waals surface area contributed by atoms with Gasteiger partial charge in [-0.3, -0.25) is 4.79 Å². The zero-order valence-electron chi connectivity index (χ0n) is 10.5. The van der Waals surface area contributed by atoms with Crippen LogP contribution in [0.25, 0.3) is 0 Å². The summed E-state index contributed by atoms with van der Waals surface area (Å²) in [6, 6.07) is 7.07. The van der Waals surface area contributed by atoms with E-state index in [2.05, 4.69) is 10.6 Å². The molecule has 1 atom stereocenters. The average molecular weight is 248 g/mol. The van der Waals surface area contributed by atoms with E-state index in [0.717, 1.165) is 25.1 Å². The lowest BCUT2D eigenvalue weighted by atomic mass is 10.0. The molecule has 1 aliphatic heterocycles. The number of benzene rings is 1. The van der Waals surface area contributed by atoms with Gasteiger partial charge in [-0.05, 0) is 37.9 Å². The second-order valence-electron chi connectivity index (χ2n) is 4.80. The lowest BCUT2D eigenvalue weighted by Crippen LogP contribution is -2.23. The Balaban J connectivity index is 1.69. The van der Waals surface area contributed by atoms with Crippen molar-refractivity contribution in [2.75, 3.05) is 13.1 Å². The monoisotopic (exact) mass is 248 g/mol. The van der Waals surface area contributed by atoms with E-state index in [4.69, 9.17) is 0 Å². The average Bonchev–Trinajstić information content (AvgIpc) is 2.88. The molecule has 4 heteroatoms. The molecule has 1 fully saturated rings. The summed E-state index contributed by atoms with van der Waals surface area (Å²) in [4.78, 5) is 11.7. The third-order valence-corrected chi connectivity index (χ3v) is 3.41. The minimum Gasteiger partial charge on any atom is -0.508 e. The Labute approximate surface area is 107 Å². The summed E-state index contributed by atoms with van der Waals surface area (Å²) in [6.45, 7) is 2.51. The van der Waals surface area contributed by atoms with Crippen molar-refractivity contribution in [3.8, 4) is 5.75 Å². The van der Waals surface area contributed by atoms with E-state index >= 15 is 0 Å². The van der Waals surface area contributed by atoms with Crippen LogP contribution in [0.1, 0.15) is 24.8 Å². The maximum Gasteiger partial charge on any atom is 0.220 e. The Morgan fingerprint density at radius 3 is 3.00 bits per heavy atom. The summed E-state index contributed by atoms with van der Waals surface area (Å²) in [5.74, 6) is 0.934. The molecule has 0 aliphatic carbocycles. The largest absolute Gasteiger partial charge is 0.508 e. The summed E-state index contributed by atoms with van der Waals surface area (Å²) < 4.78 is 0. The predicted octanol–water partition coefficient (Wildman–Crippen LogP) is 1.40. The first-order valence-electron chi connectivity index (χ1n) is 6.50. The number of amides is 1. The summed E-state index contributed by atoms with van der Waals surface area (Å²) in [7, 11) is 0. The van der Waals surface area contributed by atoms with E-state index < -0.39 is 0 Å². The molecule has 4 nitrogen and oxygen atoms in total. The van der Waals surface area contributed by atoms with Crippen LogP contribution in [0.4, 0.5) is 0 Å². The number of phenolic OH excluding ortho intramolecular Hbond substituents is 1. The van der Waals surface area contributed by atoms with E-state index in [1.54, 1.807) is 12.1 Å². The number of hydrogen-bond donors (Lipinski definition) is 3. The van der Waals surface area contributed by atoms with Crippen LogP contribution >= 0.6 is 0 Å². The first-order chi connectivity index (χ1) is 8.75. The van der Waals surface area contributed by atoms with Gasteiger partial charge in [-0.1, -0.05) is 18.2 Å². The second-order valence-corrected chi connectivity index (χ2v) is 4.80. The van der Waals surface area contributed by atoms with Gasteiger partial charge in [0, 0.05) is 18.5 Å². The molecular weight excluding hydrogens is 228 g/mol. The van der Waals surface area contributed by atoms with E-state index in [9.17, 15) is 9.90 Å². The highest BCUT2D eigenvalue weighted by Crippen LogP contribution is 2.16. The highest BCUT2D eigenvalue weighted by Gasteiger charge is 2.15. The standard InChI is InChI=1S/C14H20N2O2/c17-13-4-2-1-3-12(13)10-16-14(18)6-5-11-7-8-15-9-11/h1-4,11,15,17H,5-10H2,(H,16,18). The molecule has 3 N–H and O–H groups in total. The van der Waals surface area contributed by atoms with Crippen molar-refractivity contribution in [1.29, 1.82) is 0 Å². The van der Waals surface area contributed by atoms with Crippen molar-refractivity contribution < 1.29 is 9.90 Å². The normalized spacial score (nSPS) is 18.8. The van der Waals surface area contributed by atoms with Crippen LogP contribution in [0.15, 0.2) is 24.3 Å². The van der Waals surface area contributed by atoms with Crippen molar-refractivity contribution in [2.24, 2.45) is 5.92 Å². The molecule has 1 heterocycles. The van der Waals surface area contributed by atoms with Crippen molar-refractivity contribution in [3.63, 3.8) is 0 Å². The summed E-state index contributed by atoms with van der Waals surface area (Å²) in [5, 5.41) is 15.7. The topological polar surface area (TPSA) is 61.4 Å². The van der Waals surface area contributed by atoms with Gasteiger partial charge in [0.15, 0.2) is 0 Å². The Morgan fingerprint density at radius 1 is 1.44 bits per heavy atom. The van der Waals surface area contributed by atoms with Crippen molar-refractivity contribution in [1.82, 2.24) is 10.6 Å². The molecule has 1 aromatic carbocycles. The van der Waals surface area contributed by atoms with Crippen molar-refractivity contribution >= 4 is 5.91 Å². The van der Waals surface area contributed by atoms with Gasteiger partial charge in [0.1, 0.15) is 5.75 Å². The SMILES string of the molecule is O=C(CCC1CCNC1)NCc1ccccc1O. The third-order valence-electron chi connectivity index (χ3n) is 3.41. The maximum absolute atomic E-state index is 11.7. The smallest absolute Gasteiger partial charge is 0.220 e. The highest BCUT2D eigenvalue weighted by molar-refractivity contribution is 5.75.